The minimum absolute atomic E-state index is 0. The van der Waals surface area contributed by atoms with Crippen LogP contribution in [0.1, 0.15) is 17.8 Å². The van der Waals surface area contributed by atoms with E-state index in [0.717, 1.165) is 16.6 Å². The van der Waals surface area contributed by atoms with Crippen LogP contribution in [0.2, 0.25) is 0 Å². The Bertz CT molecular complexity index is 1170. The van der Waals surface area contributed by atoms with E-state index in [4.69, 9.17) is 9.47 Å². The number of carbonyl (C=O) groups excluding carboxylic acids is 3. The second-order valence-corrected chi connectivity index (χ2v) is 8.79. The van der Waals surface area contributed by atoms with Gasteiger partial charge in [-0.05, 0) is 54.4 Å². The number of thiophene rings is 1. The normalized spacial score (nSPS) is 17.4. The highest BCUT2D eigenvalue weighted by atomic mass is 79.9. The van der Waals surface area contributed by atoms with Crippen molar-refractivity contribution in [2.75, 3.05) is 19.5 Å². The summed E-state index contributed by atoms with van der Waals surface area (Å²) in [6.07, 6.45) is 1.26. The Morgan fingerprint density at radius 2 is 1.88 bits per heavy atom. The largest absolute Gasteiger partial charge is 1.00 e. The predicted octanol–water partition coefficient (Wildman–Crippen LogP) is 0.716. The zero-order chi connectivity index (χ0) is 22.8. The van der Waals surface area contributed by atoms with Gasteiger partial charge in [-0.3, -0.25) is 14.5 Å². The van der Waals surface area contributed by atoms with Crippen molar-refractivity contribution in [3.63, 3.8) is 0 Å². The van der Waals surface area contributed by atoms with Gasteiger partial charge in [0.25, 0.3) is 11.8 Å². The number of amidine groups is 1. The molecule has 3 heterocycles. The van der Waals surface area contributed by atoms with Crippen molar-refractivity contribution in [1.29, 1.82) is 0 Å². The van der Waals surface area contributed by atoms with E-state index >= 15 is 0 Å². The van der Waals surface area contributed by atoms with Gasteiger partial charge in [0.15, 0.2) is 5.17 Å². The molecule has 2 amide bonds. The predicted molar refractivity (Wildman–Crippen MR) is 123 cm³/mol. The zero-order valence-corrected chi connectivity index (χ0v) is 21.0. The van der Waals surface area contributed by atoms with E-state index in [0.29, 0.717) is 27.9 Å². The molecular formula is C22H19BrN3O5S2-. The third kappa shape index (κ3) is 4.90. The van der Waals surface area contributed by atoms with Crippen molar-refractivity contribution in [1.82, 2.24) is 4.90 Å². The molecule has 4 rings (SSSR count). The lowest BCUT2D eigenvalue weighted by Gasteiger charge is -2.37. The van der Waals surface area contributed by atoms with Crippen LogP contribution >= 0.6 is 23.1 Å². The van der Waals surface area contributed by atoms with E-state index in [1.807, 2.05) is 17.5 Å². The standard InChI is InChI=1S/C22H19N3O5S2.BrH/c1-12-18(21(28)30-3)19(15-5-4-10-31-15)25-17(26)11-16(32-22(25)23-12)20(27)24-13-6-8-14(29-2)9-7-13;/h4-11,19H,1-3H3,(H,24,27);1H/p-1. The number of ether oxygens (including phenoxy) is 2. The van der Waals surface area contributed by atoms with Crippen LogP contribution in [0, 0.1) is 0 Å². The number of anilines is 1. The third-order valence-electron chi connectivity index (χ3n) is 4.87. The van der Waals surface area contributed by atoms with E-state index in [-0.39, 0.29) is 21.9 Å². The van der Waals surface area contributed by atoms with E-state index in [9.17, 15) is 14.4 Å². The van der Waals surface area contributed by atoms with Gasteiger partial charge < -0.3 is 31.8 Å². The summed E-state index contributed by atoms with van der Waals surface area (Å²) < 4.78 is 10.1. The molecule has 0 fully saturated rings. The first-order valence-corrected chi connectivity index (χ1v) is 11.2. The quantitative estimate of drug-likeness (QED) is 0.553. The minimum Gasteiger partial charge on any atom is -1.00 e. The summed E-state index contributed by atoms with van der Waals surface area (Å²) in [6.45, 7) is 1.69. The smallest absolute Gasteiger partial charge is 0.338 e. The number of rotatable bonds is 5. The number of allylic oxidation sites excluding steroid dienone is 1. The molecule has 2 aliphatic heterocycles. The van der Waals surface area contributed by atoms with Gasteiger partial charge in [0.05, 0.1) is 30.4 Å². The van der Waals surface area contributed by atoms with Crippen LogP contribution in [0.15, 0.2) is 69.0 Å². The van der Waals surface area contributed by atoms with Crippen LogP contribution in [0.5, 0.6) is 5.75 Å². The highest BCUT2D eigenvalue weighted by Crippen LogP contribution is 2.43. The zero-order valence-electron chi connectivity index (χ0n) is 17.8. The number of halogens is 1. The van der Waals surface area contributed by atoms with Gasteiger partial charge in [-0.25, -0.2) is 9.79 Å². The molecule has 1 unspecified atom stereocenters. The molecular weight excluding hydrogens is 530 g/mol. The first-order chi connectivity index (χ1) is 15.4. The van der Waals surface area contributed by atoms with Crippen LogP contribution < -0.4 is 27.0 Å². The van der Waals surface area contributed by atoms with Gasteiger partial charge >= 0.3 is 5.97 Å². The van der Waals surface area contributed by atoms with Gasteiger partial charge in [-0.1, -0.05) is 6.07 Å². The Balaban J connectivity index is 0.00000306. The molecule has 0 radical (unpaired) electrons. The molecule has 0 bridgehead atoms. The summed E-state index contributed by atoms with van der Waals surface area (Å²) in [5, 5.41) is 4.98. The van der Waals surface area contributed by atoms with E-state index in [1.54, 1.807) is 38.3 Å². The summed E-state index contributed by atoms with van der Waals surface area (Å²) in [5.74, 6) is -0.743. The molecule has 0 saturated heterocycles. The summed E-state index contributed by atoms with van der Waals surface area (Å²) in [5.41, 5.74) is 1.31. The molecule has 172 valence electrons. The molecule has 11 heteroatoms. The molecule has 1 N–H and O–H groups in total. The van der Waals surface area contributed by atoms with Gasteiger partial charge in [-0.2, -0.15) is 0 Å². The van der Waals surface area contributed by atoms with Crippen molar-refractivity contribution in [2.45, 2.75) is 13.0 Å². The Labute approximate surface area is 209 Å². The monoisotopic (exact) mass is 548 g/mol. The number of thioether (sulfide) groups is 1. The average Bonchev–Trinajstić information content (AvgIpc) is 3.32. The number of methoxy groups -OCH3 is 2. The fraction of sp³-hybridized carbons (Fsp3) is 0.182. The Morgan fingerprint density at radius 3 is 2.48 bits per heavy atom. The lowest BCUT2D eigenvalue weighted by Crippen LogP contribution is -3.00. The second-order valence-electron chi connectivity index (χ2n) is 6.80. The van der Waals surface area contributed by atoms with Crippen molar-refractivity contribution < 1.29 is 40.8 Å². The molecule has 2 aromatic rings. The average molecular weight is 549 g/mol. The van der Waals surface area contributed by atoms with Crippen LogP contribution in [0.25, 0.3) is 0 Å². The van der Waals surface area contributed by atoms with Crippen LogP contribution in [0.4, 0.5) is 5.69 Å². The number of hydrogen-bond donors (Lipinski definition) is 1. The van der Waals surface area contributed by atoms with Crippen LogP contribution in [-0.4, -0.2) is 42.1 Å². The van der Waals surface area contributed by atoms with Crippen molar-refractivity contribution >= 4 is 51.7 Å². The number of nitrogens with zero attached hydrogens (tertiary/aromatic N) is 2. The lowest BCUT2D eigenvalue weighted by molar-refractivity contribution is -0.137. The number of hydrogen-bond acceptors (Lipinski definition) is 8. The summed E-state index contributed by atoms with van der Waals surface area (Å²) >= 11 is 2.50. The maximum Gasteiger partial charge on any atom is 0.338 e. The summed E-state index contributed by atoms with van der Waals surface area (Å²) in [4.78, 5) is 45.3. The molecule has 1 aromatic heterocycles. The number of carbonyl (C=O) groups is 3. The maximum absolute atomic E-state index is 13.1. The topological polar surface area (TPSA) is 97.3 Å². The number of aliphatic imine (C=N–C) groups is 1. The molecule has 8 nitrogen and oxygen atoms in total. The molecule has 33 heavy (non-hydrogen) atoms. The number of nitrogens with one attached hydrogen (secondary N) is 1. The first kappa shape index (κ1) is 24.7. The molecule has 0 saturated carbocycles. The lowest BCUT2D eigenvalue weighted by atomic mass is 10.0. The van der Waals surface area contributed by atoms with Gasteiger partial charge in [0.1, 0.15) is 11.8 Å². The third-order valence-corrected chi connectivity index (χ3v) is 6.79. The Kier molecular flexibility index (Phi) is 7.77. The molecule has 2 aliphatic rings. The minimum atomic E-state index is -0.669. The fourth-order valence-corrected chi connectivity index (χ4v) is 5.16. The van der Waals surface area contributed by atoms with Gasteiger partial charge in [-0.15, -0.1) is 11.3 Å². The number of amides is 2. The van der Waals surface area contributed by atoms with E-state index < -0.39 is 23.8 Å². The van der Waals surface area contributed by atoms with Gasteiger partial charge in [0, 0.05) is 16.6 Å². The number of benzene rings is 1. The van der Waals surface area contributed by atoms with Gasteiger partial charge in [0.2, 0.25) is 0 Å². The summed E-state index contributed by atoms with van der Waals surface area (Å²) in [6, 6.07) is 9.90. The SMILES string of the molecule is COC(=O)C1=C(C)N=C2SC(C(=O)Nc3ccc(OC)cc3)=CC(=O)N2C1c1cccs1.[Br-]. The summed E-state index contributed by atoms with van der Waals surface area (Å²) in [7, 11) is 2.85. The molecule has 1 atom stereocenters. The van der Waals surface area contributed by atoms with Crippen LogP contribution in [0.3, 0.4) is 0 Å². The number of fused-ring (bicyclic) bond motifs is 1. The highest BCUT2D eigenvalue weighted by Gasteiger charge is 2.42. The Hall–Kier alpha value is -2.89. The van der Waals surface area contributed by atoms with Crippen molar-refractivity contribution in [3.05, 3.63) is 68.9 Å². The van der Waals surface area contributed by atoms with Crippen LogP contribution in [-0.2, 0) is 19.1 Å². The fourth-order valence-electron chi connectivity index (χ4n) is 3.36. The van der Waals surface area contributed by atoms with E-state index in [1.165, 1.54) is 29.4 Å². The molecule has 0 spiro atoms. The molecule has 0 aliphatic carbocycles. The van der Waals surface area contributed by atoms with Crippen molar-refractivity contribution in [3.8, 4) is 5.75 Å². The molecule has 1 aromatic carbocycles. The number of esters is 1. The second kappa shape index (κ2) is 10.4. The first-order valence-electron chi connectivity index (χ1n) is 9.52. The van der Waals surface area contributed by atoms with E-state index in [2.05, 4.69) is 10.3 Å². The van der Waals surface area contributed by atoms with Crippen molar-refractivity contribution in [2.24, 2.45) is 4.99 Å². The maximum atomic E-state index is 13.1. The highest BCUT2D eigenvalue weighted by molar-refractivity contribution is 8.18. The Morgan fingerprint density at radius 1 is 1.15 bits per heavy atom.